The van der Waals surface area contributed by atoms with Crippen LogP contribution in [0.25, 0.3) is 10.9 Å². The largest absolute Gasteiger partial charge is 0.253 e. The summed E-state index contributed by atoms with van der Waals surface area (Å²) < 4.78 is 0. The van der Waals surface area contributed by atoms with Crippen LogP contribution < -0.4 is 0 Å². The quantitative estimate of drug-likeness (QED) is 0.759. The molecule has 0 aliphatic carbocycles. The SMILES string of the molecule is CCCCc1cc(C)c2cc(Cl)ccc2n1. The molecule has 1 aromatic carbocycles. The van der Waals surface area contributed by atoms with Gasteiger partial charge in [-0.15, -0.1) is 0 Å². The van der Waals surface area contributed by atoms with Crippen molar-refractivity contribution in [1.82, 2.24) is 4.98 Å². The number of fused-ring (bicyclic) bond motifs is 1. The highest BCUT2D eigenvalue weighted by atomic mass is 35.5. The van der Waals surface area contributed by atoms with Crippen molar-refractivity contribution in [3.05, 3.63) is 40.5 Å². The second kappa shape index (κ2) is 4.84. The third-order valence-corrected chi connectivity index (χ3v) is 3.05. The van der Waals surface area contributed by atoms with E-state index in [1.807, 2.05) is 18.2 Å². The van der Waals surface area contributed by atoms with Crippen molar-refractivity contribution in [2.45, 2.75) is 33.1 Å². The van der Waals surface area contributed by atoms with Crippen molar-refractivity contribution in [2.75, 3.05) is 0 Å². The summed E-state index contributed by atoms with van der Waals surface area (Å²) in [5.74, 6) is 0. The van der Waals surface area contributed by atoms with Crippen LogP contribution in [0.3, 0.4) is 0 Å². The lowest BCUT2D eigenvalue weighted by atomic mass is 10.1. The number of nitrogens with zero attached hydrogens (tertiary/aromatic N) is 1. The summed E-state index contributed by atoms with van der Waals surface area (Å²) in [6, 6.07) is 8.07. The molecule has 84 valence electrons. The van der Waals surface area contributed by atoms with Crippen LogP contribution in [0.2, 0.25) is 5.02 Å². The van der Waals surface area contributed by atoms with Crippen LogP contribution in [0.4, 0.5) is 0 Å². The van der Waals surface area contributed by atoms with Gasteiger partial charge in [-0.1, -0.05) is 24.9 Å². The van der Waals surface area contributed by atoms with E-state index in [0.717, 1.165) is 22.3 Å². The van der Waals surface area contributed by atoms with Gasteiger partial charge < -0.3 is 0 Å². The molecule has 1 aromatic heterocycles. The maximum Gasteiger partial charge on any atom is 0.0708 e. The number of rotatable bonds is 3. The number of pyridine rings is 1. The van der Waals surface area contributed by atoms with Gasteiger partial charge in [0.1, 0.15) is 0 Å². The van der Waals surface area contributed by atoms with Gasteiger partial charge in [0.15, 0.2) is 0 Å². The predicted molar refractivity (Wildman–Crippen MR) is 70.1 cm³/mol. The summed E-state index contributed by atoms with van der Waals surface area (Å²) in [6.45, 7) is 4.32. The van der Waals surface area contributed by atoms with E-state index in [2.05, 4.69) is 24.9 Å². The first kappa shape index (κ1) is 11.4. The minimum atomic E-state index is 0.777. The average molecular weight is 234 g/mol. The zero-order chi connectivity index (χ0) is 11.5. The van der Waals surface area contributed by atoms with Gasteiger partial charge in [0, 0.05) is 16.1 Å². The highest BCUT2D eigenvalue weighted by Crippen LogP contribution is 2.22. The smallest absolute Gasteiger partial charge is 0.0708 e. The number of aromatic nitrogens is 1. The molecule has 0 spiro atoms. The van der Waals surface area contributed by atoms with Crippen molar-refractivity contribution >= 4 is 22.5 Å². The Hall–Kier alpha value is -1.08. The fourth-order valence-corrected chi connectivity index (χ4v) is 2.09. The van der Waals surface area contributed by atoms with Crippen LogP contribution in [0.15, 0.2) is 24.3 Å². The van der Waals surface area contributed by atoms with Gasteiger partial charge in [0.2, 0.25) is 0 Å². The highest BCUT2D eigenvalue weighted by molar-refractivity contribution is 6.31. The van der Waals surface area contributed by atoms with E-state index < -0.39 is 0 Å². The molecule has 2 rings (SSSR count). The van der Waals surface area contributed by atoms with Crippen molar-refractivity contribution in [3.8, 4) is 0 Å². The molecule has 0 aliphatic rings. The molecule has 0 aliphatic heterocycles. The molecular weight excluding hydrogens is 218 g/mol. The molecule has 0 fully saturated rings. The Bertz CT molecular complexity index is 505. The lowest BCUT2D eigenvalue weighted by molar-refractivity contribution is 0.779. The number of benzene rings is 1. The molecule has 2 heteroatoms. The van der Waals surface area contributed by atoms with Gasteiger partial charge in [-0.2, -0.15) is 0 Å². The molecule has 0 atom stereocenters. The fraction of sp³-hybridized carbons (Fsp3) is 0.357. The fourth-order valence-electron chi connectivity index (χ4n) is 1.92. The minimum absolute atomic E-state index is 0.777. The van der Waals surface area contributed by atoms with Crippen LogP contribution in [-0.4, -0.2) is 4.98 Å². The number of unbranched alkanes of at least 4 members (excludes halogenated alkanes) is 1. The summed E-state index contributed by atoms with van der Waals surface area (Å²) in [5.41, 5.74) is 3.50. The zero-order valence-corrected chi connectivity index (χ0v) is 10.5. The Labute approximate surface area is 101 Å². The zero-order valence-electron chi connectivity index (χ0n) is 9.76. The van der Waals surface area contributed by atoms with E-state index in [0.29, 0.717) is 0 Å². The normalized spacial score (nSPS) is 10.9. The first-order valence-electron chi connectivity index (χ1n) is 5.76. The lowest BCUT2D eigenvalue weighted by Crippen LogP contribution is -1.93. The number of halogens is 1. The topological polar surface area (TPSA) is 12.9 Å². The van der Waals surface area contributed by atoms with Crippen molar-refractivity contribution in [1.29, 1.82) is 0 Å². The molecule has 1 heterocycles. The maximum atomic E-state index is 5.99. The monoisotopic (exact) mass is 233 g/mol. The lowest BCUT2D eigenvalue weighted by Gasteiger charge is -2.06. The first-order chi connectivity index (χ1) is 7.70. The molecule has 0 bridgehead atoms. The predicted octanol–water partition coefficient (Wildman–Crippen LogP) is 4.54. The van der Waals surface area contributed by atoms with Gasteiger partial charge >= 0.3 is 0 Å². The van der Waals surface area contributed by atoms with Crippen LogP contribution in [0.5, 0.6) is 0 Å². The first-order valence-corrected chi connectivity index (χ1v) is 6.14. The Morgan fingerprint density at radius 1 is 1.25 bits per heavy atom. The molecular formula is C14H16ClN. The van der Waals surface area contributed by atoms with Crippen LogP contribution in [0, 0.1) is 6.92 Å². The molecule has 2 aromatic rings. The highest BCUT2D eigenvalue weighted by Gasteiger charge is 2.03. The Morgan fingerprint density at radius 3 is 2.81 bits per heavy atom. The van der Waals surface area contributed by atoms with Crippen molar-refractivity contribution in [2.24, 2.45) is 0 Å². The Morgan fingerprint density at radius 2 is 2.06 bits per heavy atom. The average Bonchev–Trinajstić information content (AvgIpc) is 2.27. The van der Waals surface area contributed by atoms with Gasteiger partial charge in [-0.05, 0) is 49.6 Å². The van der Waals surface area contributed by atoms with E-state index >= 15 is 0 Å². The van der Waals surface area contributed by atoms with E-state index in [9.17, 15) is 0 Å². The van der Waals surface area contributed by atoms with E-state index in [1.165, 1.54) is 24.1 Å². The summed E-state index contributed by atoms with van der Waals surface area (Å²) >= 11 is 5.99. The van der Waals surface area contributed by atoms with Gasteiger partial charge in [-0.25, -0.2) is 0 Å². The second-order valence-corrected chi connectivity index (χ2v) is 4.63. The Kier molecular flexibility index (Phi) is 3.45. The molecule has 1 nitrogen and oxygen atoms in total. The summed E-state index contributed by atoms with van der Waals surface area (Å²) in [5, 5.41) is 1.94. The van der Waals surface area contributed by atoms with Gasteiger partial charge in [0.25, 0.3) is 0 Å². The van der Waals surface area contributed by atoms with Crippen molar-refractivity contribution in [3.63, 3.8) is 0 Å². The third-order valence-electron chi connectivity index (χ3n) is 2.82. The molecule has 0 unspecified atom stereocenters. The van der Waals surface area contributed by atoms with Gasteiger partial charge in [-0.3, -0.25) is 4.98 Å². The number of hydrogen-bond donors (Lipinski definition) is 0. The second-order valence-electron chi connectivity index (χ2n) is 4.20. The summed E-state index contributed by atoms with van der Waals surface area (Å²) in [6.07, 6.45) is 3.47. The molecule has 0 amide bonds. The molecule has 0 saturated carbocycles. The minimum Gasteiger partial charge on any atom is -0.253 e. The van der Waals surface area contributed by atoms with Gasteiger partial charge in [0.05, 0.1) is 5.52 Å². The van der Waals surface area contributed by atoms with Crippen LogP contribution >= 0.6 is 11.6 Å². The van der Waals surface area contributed by atoms with E-state index in [-0.39, 0.29) is 0 Å². The molecule has 0 saturated heterocycles. The summed E-state index contributed by atoms with van der Waals surface area (Å²) in [4.78, 5) is 4.66. The van der Waals surface area contributed by atoms with Crippen LogP contribution in [-0.2, 0) is 6.42 Å². The van der Waals surface area contributed by atoms with E-state index in [4.69, 9.17) is 11.6 Å². The van der Waals surface area contributed by atoms with Crippen molar-refractivity contribution < 1.29 is 0 Å². The summed E-state index contributed by atoms with van der Waals surface area (Å²) in [7, 11) is 0. The molecule has 16 heavy (non-hydrogen) atoms. The molecule has 0 radical (unpaired) electrons. The maximum absolute atomic E-state index is 5.99. The van der Waals surface area contributed by atoms with Crippen LogP contribution in [0.1, 0.15) is 31.0 Å². The van der Waals surface area contributed by atoms with E-state index in [1.54, 1.807) is 0 Å². The number of aryl methyl sites for hydroxylation is 2. The standard InChI is InChI=1S/C14H16ClN/c1-3-4-5-12-8-10(2)13-9-11(15)6-7-14(13)16-12/h6-9H,3-5H2,1-2H3. The third kappa shape index (κ3) is 2.35. The number of hydrogen-bond acceptors (Lipinski definition) is 1. The Balaban J connectivity index is 2.46. The molecule has 0 N–H and O–H groups in total.